The van der Waals surface area contributed by atoms with Gasteiger partial charge in [0.15, 0.2) is 0 Å². The molecule has 0 aliphatic carbocycles. The predicted octanol–water partition coefficient (Wildman–Crippen LogP) is 4.37. The van der Waals surface area contributed by atoms with Crippen LogP contribution in [0.15, 0.2) is 24.3 Å². The molecule has 0 heterocycles. The largest absolute Gasteiger partial charge is 0.573 e. The average Bonchev–Trinajstić information content (AvgIpc) is 2.29. The summed E-state index contributed by atoms with van der Waals surface area (Å²) in [5.74, 6) is 0.899. The van der Waals surface area contributed by atoms with Gasteiger partial charge in [-0.2, -0.15) is 0 Å². The van der Waals surface area contributed by atoms with Crippen LogP contribution in [0.5, 0.6) is 11.5 Å². The summed E-state index contributed by atoms with van der Waals surface area (Å²) in [6.07, 6.45) is -1.89. The van der Waals surface area contributed by atoms with Crippen LogP contribution < -0.4 is 9.47 Å². The number of ether oxygens (including phenoxy) is 2. The molecule has 2 nitrogen and oxygen atoms in total. The summed E-state index contributed by atoms with van der Waals surface area (Å²) >= 11 is 5.52. The van der Waals surface area contributed by atoms with Gasteiger partial charge in [-0.05, 0) is 43.5 Å². The van der Waals surface area contributed by atoms with E-state index in [0.29, 0.717) is 18.2 Å². The third-order valence-corrected chi connectivity index (χ3v) is 2.37. The summed E-state index contributed by atoms with van der Waals surface area (Å²) in [6, 6.07) is 5.34. The van der Waals surface area contributed by atoms with Crippen molar-refractivity contribution in [2.75, 3.05) is 12.5 Å². The molecule has 1 aromatic carbocycles. The summed E-state index contributed by atoms with van der Waals surface area (Å²) in [4.78, 5) is 0. The molecular formula is C12H14ClF3O2. The minimum absolute atomic E-state index is 0.253. The second-order valence-corrected chi connectivity index (χ2v) is 4.00. The third-order valence-electron chi connectivity index (χ3n) is 2.10. The quantitative estimate of drug-likeness (QED) is 0.546. The highest BCUT2D eigenvalue weighted by Crippen LogP contribution is 2.24. The topological polar surface area (TPSA) is 18.5 Å². The van der Waals surface area contributed by atoms with E-state index in [0.717, 1.165) is 19.3 Å². The summed E-state index contributed by atoms with van der Waals surface area (Å²) in [5.41, 5.74) is 0. The van der Waals surface area contributed by atoms with Gasteiger partial charge in [-0.3, -0.25) is 0 Å². The molecule has 18 heavy (non-hydrogen) atoms. The van der Waals surface area contributed by atoms with Gasteiger partial charge in [0, 0.05) is 5.88 Å². The van der Waals surface area contributed by atoms with Crippen LogP contribution in [0.3, 0.4) is 0 Å². The Balaban J connectivity index is 2.32. The second kappa shape index (κ2) is 7.36. The predicted molar refractivity (Wildman–Crippen MR) is 63.2 cm³/mol. The van der Waals surface area contributed by atoms with Gasteiger partial charge in [0.1, 0.15) is 11.5 Å². The second-order valence-electron chi connectivity index (χ2n) is 3.62. The Morgan fingerprint density at radius 1 is 0.944 bits per heavy atom. The van der Waals surface area contributed by atoms with Crippen LogP contribution in [0.1, 0.15) is 19.3 Å². The molecule has 0 atom stereocenters. The van der Waals surface area contributed by atoms with Crippen LogP contribution >= 0.6 is 11.6 Å². The fraction of sp³-hybridized carbons (Fsp3) is 0.500. The number of unbranched alkanes of at least 4 members (excludes halogenated alkanes) is 2. The maximum Gasteiger partial charge on any atom is 0.573 e. The number of benzene rings is 1. The molecule has 0 spiro atoms. The zero-order chi connectivity index (χ0) is 13.4. The Kier molecular flexibility index (Phi) is 6.12. The van der Waals surface area contributed by atoms with Crippen LogP contribution in [0.25, 0.3) is 0 Å². The lowest BCUT2D eigenvalue weighted by Gasteiger charge is -2.10. The van der Waals surface area contributed by atoms with E-state index in [9.17, 15) is 13.2 Å². The van der Waals surface area contributed by atoms with Gasteiger partial charge in [-0.15, -0.1) is 24.8 Å². The van der Waals surface area contributed by atoms with E-state index in [1.807, 2.05) is 0 Å². The van der Waals surface area contributed by atoms with E-state index in [1.54, 1.807) is 0 Å². The molecule has 0 N–H and O–H groups in total. The van der Waals surface area contributed by atoms with Crippen LogP contribution in [-0.2, 0) is 0 Å². The number of hydrogen-bond acceptors (Lipinski definition) is 2. The van der Waals surface area contributed by atoms with Gasteiger partial charge in [-0.1, -0.05) is 0 Å². The maximum atomic E-state index is 11.9. The number of alkyl halides is 4. The lowest BCUT2D eigenvalue weighted by atomic mass is 10.2. The molecular weight excluding hydrogens is 269 g/mol. The summed E-state index contributed by atoms with van der Waals surface area (Å²) < 4.78 is 44.8. The van der Waals surface area contributed by atoms with E-state index in [1.165, 1.54) is 24.3 Å². The minimum atomic E-state index is -4.66. The van der Waals surface area contributed by atoms with Crippen molar-refractivity contribution >= 4 is 11.6 Å². The summed E-state index contributed by atoms with van der Waals surface area (Å²) in [7, 11) is 0. The van der Waals surface area contributed by atoms with Crippen molar-refractivity contribution in [2.45, 2.75) is 25.6 Å². The average molecular weight is 283 g/mol. The molecule has 0 aliphatic rings. The molecule has 0 fully saturated rings. The van der Waals surface area contributed by atoms with E-state index >= 15 is 0 Å². The van der Waals surface area contributed by atoms with Gasteiger partial charge < -0.3 is 9.47 Å². The number of halogens is 4. The third kappa shape index (κ3) is 6.59. The highest BCUT2D eigenvalue weighted by molar-refractivity contribution is 6.17. The first kappa shape index (κ1) is 15.0. The van der Waals surface area contributed by atoms with Gasteiger partial charge in [0.25, 0.3) is 0 Å². The molecule has 0 aromatic heterocycles. The Morgan fingerprint density at radius 2 is 1.56 bits per heavy atom. The molecule has 0 saturated heterocycles. The molecule has 0 unspecified atom stereocenters. The van der Waals surface area contributed by atoms with Crippen LogP contribution in [0, 0.1) is 0 Å². The van der Waals surface area contributed by atoms with Crippen LogP contribution in [0.4, 0.5) is 13.2 Å². The molecule has 0 aliphatic heterocycles. The number of hydrogen-bond donors (Lipinski definition) is 0. The Labute approximate surface area is 109 Å². The van der Waals surface area contributed by atoms with Crippen molar-refractivity contribution in [1.29, 1.82) is 0 Å². The van der Waals surface area contributed by atoms with Gasteiger partial charge in [0.2, 0.25) is 0 Å². The molecule has 0 amide bonds. The van der Waals surface area contributed by atoms with Crippen molar-refractivity contribution in [2.24, 2.45) is 0 Å². The molecule has 0 radical (unpaired) electrons. The minimum Gasteiger partial charge on any atom is -0.494 e. The monoisotopic (exact) mass is 282 g/mol. The lowest BCUT2D eigenvalue weighted by Crippen LogP contribution is -2.16. The Morgan fingerprint density at radius 3 is 2.11 bits per heavy atom. The first-order valence-corrected chi connectivity index (χ1v) is 6.09. The lowest BCUT2D eigenvalue weighted by molar-refractivity contribution is -0.274. The van der Waals surface area contributed by atoms with E-state index in [4.69, 9.17) is 16.3 Å². The highest BCUT2D eigenvalue weighted by atomic mass is 35.5. The van der Waals surface area contributed by atoms with Crippen molar-refractivity contribution in [1.82, 2.24) is 0 Å². The fourth-order valence-corrected chi connectivity index (χ4v) is 1.49. The van der Waals surface area contributed by atoms with Crippen molar-refractivity contribution in [3.05, 3.63) is 24.3 Å². The van der Waals surface area contributed by atoms with Gasteiger partial charge in [0.05, 0.1) is 6.61 Å². The SMILES string of the molecule is FC(F)(F)Oc1ccc(OCCCCCCl)cc1. The van der Waals surface area contributed by atoms with Crippen molar-refractivity contribution < 1.29 is 22.6 Å². The standard InChI is InChI=1S/C12H14ClF3O2/c13-8-2-1-3-9-17-10-4-6-11(7-5-10)18-12(14,15)16/h4-7H,1-3,8-9H2. The van der Waals surface area contributed by atoms with E-state index < -0.39 is 6.36 Å². The van der Waals surface area contributed by atoms with E-state index in [2.05, 4.69) is 4.74 Å². The fourth-order valence-electron chi connectivity index (χ4n) is 1.30. The van der Waals surface area contributed by atoms with Gasteiger partial charge in [-0.25, -0.2) is 0 Å². The molecule has 0 saturated carbocycles. The smallest absolute Gasteiger partial charge is 0.494 e. The normalized spacial score (nSPS) is 11.3. The molecule has 6 heteroatoms. The van der Waals surface area contributed by atoms with Crippen molar-refractivity contribution in [3.8, 4) is 11.5 Å². The Hall–Kier alpha value is -1.10. The maximum absolute atomic E-state index is 11.9. The molecule has 1 rings (SSSR count). The number of rotatable bonds is 7. The highest BCUT2D eigenvalue weighted by Gasteiger charge is 2.30. The van der Waals surface area contributed by atoms with Gasteiger partial charge >= 0.3 is 6.36 Å². The first-order valence-electron chi connectivity index (χ1n) is 5.56. The zero-order valence-electron chi connectivity index (χ0n) is 9.67. The van der Waals surface area contributed by atoms with E-state index in [-0.39, 0.29) is 5.75 Å². The molecule has 1 aromatic rings. The van der Waals surface area contributed by atoms with Crippen molar-refractivity contribution in [3.63, 3.8) is 0 Å². The van der Waals surface area contributed by atoms with Crippen LogP contribution in [0.2, 0.25) is 0 Å². The van der Waals surface area contributed by atoms with Crippen LogP contribution in [-0.4, -0.2) is 18.8 Å². The zero-order valence-corrected chi connectivity index (χ0v) is 10.4. The molecule has 0 bridgehead atoms. The molecule has 102 valence electrons. The summed E-state index contributed by atoms with van der Waals surface area (Å²) in [5, 5.41) is 0. The Bertz CT molecular complexity index is 338. The first-order chi connectivity index (χ1) is 8.51. The summed E-state index contributed by atoms with van der Waals surface area (Å²) in [6.45, 7) is 0.524.